The second kappa shape index (κ2) is 4.59. The molecule has 6 heteroatoms. The zero-order chi connectivity index (χ0) is 12.6. The molecule has 2 aromatic rings. The quantitative estimate of drug-likeness (QED) is 0.846. The Balaban J connectivity index is 2.61. The number of halogens is 1. The second-order valence-electron chi connectivity index (χ2n) is 3.81. The van der Waals surface area contributed by atoms with Crippen LogP contribution in [0.15, 0.2) is 6.20 Å². The zero-order valence-electron chi connectivity index (χ0n) is 10.0. The fraction of sp³-hybridized carbons (Fsp3) is 0.364. The summed E-state index contributed by atoms with van der Waals surface area (Å²) >= 11 is 2.18. The van der Waals surface area contributed by atoms with Crippen LogP contribution in [-0.2, 0) is 13.5 Å². The summed E-state index contributed by atoms with van der Waals surface area (Å²) < 4.78 is 2.74. The smallest absolute Gasteiger partial charge is 0.165 e. The Kier molecular flexibility index (Phi) is 3.32. The Bertz CT molecular complexity index is 561. The van der Waals surface area contributed by atoms with Crippen LogP contribution in [0, 0.1) is 10.5 Å². The number of hydrogen-bond acceptors (Lipinski definition) is 4. The summed E-state index contributed by atoms with van der Waals surface area (Å²) in [5.41, 5.74) is 8.86. The molecule has 0 fully saturated rings. The molecule has 0 amide bonds. The molecule has 0 saturated carbocycles. The van der Waals surface area contributed by atoms with Crippen LogP contribution in [0.4, 0.5) is 5.82 Å². The maximum atomic E-state index is 5.91. The third kappa shape index (κ3) is 2.13. The third-order valence-corrected chi connectivity index (χ3v) is 3.93. The molecule has 0 radical (unpaired) electrons. The Morgan fingerprint density at radius 2 is 2.12 bits per heavy atom. The molecular weight excluding hydrogens is 329 g/mol. The van der Waals surface area contributed by atoms with Crippen LogP contribution in [0.25, 0.3) is 11.4 Å². The van der Waals surface area contributed by atoms with E-state index in [1.807, 2.05) is 14.0 Å². The summed E-state index contributed by atoms with van der Waals surface area (Å²) in [6, 6.07) is 0. The van der Waals surface area contributed by atoms with E-state index in [0.29, 0.717) is 11.6 Å². The van der Waals surface area contributed by atoms with Gasteiger partial charge in [-0.15, -0.1) is 0 Å². The molecule has 2 N–H and O–H groups in total. The van der Waals surface area contributed by atoms with Gasteiger partial charge in [-0.3, -0.25) is 4.68 Å². The van der Waals surface area contributed by atoms with E-state index >= 15 is 0 Å². The van der Waals surface area contributed by atoms with Gasteiger partial charge in [-0.25, -0.2) is 9.97 Å². The topological polar surface area (TPSA) is 69.6 Å². The van der Waals surface area contributed by atoms with Crippen LogP contribution in [-0.4, -0.2) is 19.7 Å². The molecule has 2 aromatic heterocycles. The lowest BCUT2D eigenvalue weighted by molar-refractivity contribution is 0.740. The van der Waals surface area contributed by atoms with Crippen LogP contribution >= 0.6 is 22.6 Å². The standard InChI is InChI=1S/C11H14IN5/c1-4-8-9(12)10(13)16-11(15-8)7-5-14-17(3)6(7)2/h5H,4H2,1-3H3,(H2,13,15,16). The first-order valence-corrected chi connectivity index (χ1v) is 6.43. The summed E-state index contributed by atoms with van der Waals surface area (Å²) in [5, 5.41) is 4.19. The average Bonchev–Trinajstić information content (AvgIpc) is 2.64. The molecule has 0 aliphatic heterocycles. The molecule has 5 nitrogen and oxygen atoms in total. The van der Waals surface area contributed by atoms with Gasteiger partial charge in [-0.2, -0.15) is 5.10 Å². The van der Waals surface area contributed by atoms with E-state index in [4.69, 9.17) is 5.73 Å². The number of rotatable bonds is 2. The van der Waals surface area contributed by atoms with Crippen molar-refractivity contribution in [2.45, 2.75) is 20.3 Å². The van der Waals surface area contributed by atoms with Gasteiger partial charge in [0.1, 0.15) is 5.82 Å². The summed E-state index contributed by atoms with van der Waals surface area (Å²) in [5.74, 6) is 1.20. The van der Waals surface area contributed by atoms with Crippen molar-refractivity contribution < 1.29 is 0 Å². The first-order chi connectivity index (χ1) is 8.04. The van der Waals surface area contributed by atoms with E-state index < -0.39 is 0 Å². The lowest BCUT2D eigenvalue weighted by Crippen LogP contribution is -2.04. The number of aromatic nitrogens is 4. The fourth-order valence-corrected chi connectivity index (χ4v) is 2.21. The van der Waals surface area contributed by atoms with Gasteiger partial charge in [0.2, 0.25) is 0 Å². The van der Waals surface area contributed by atoms with E-state index in [1.165, 1.54) is 0 Å². The van der Waals surface area contributed by atoms with Crippen LogP contribution in [0.5, 0.6) is 0 Å². The number of hydrogen-bond donors (Lipinski definition) is 1. The second-order valence-corrected chi connectivity index (χ2v) is 4.89. The predicted octanol–water partition coefficient (Wildman–Crippen LogP) is 1.93. The van der Waals surface area contributed by atoms with Crippen molar-refractivity contribution in [3.05, 3.63) is 21.2 Å². The largest absolute Gasteiger partial charge is 0.383 e. The highest BCUT2D eigenvalue weighted by molar-refractivity contribution is 14.1. The van der Waals surface area contributed by atoms with Gasteiger partial charge in [0, 0.05) is 12.7 Å². The minimum absolute atomic E-state index is 0.538. The molecule has 0 bridgehead atoms. The summed E-state index contributed by atoms with van der Waals surface area (Å²) in [6.45, 7) is 4.05. The van der Waals surface area contributed by atoms with Gasteiger partial charge in [0.05, 0.1) is 21.0 Å². The lowest BCUT2D eigenvalue weighted by Gasteiger charge is -2.07. The van der Waals surface area contributed by atoms with Gasteiger partial charge >= 0.3 is 0 Å². The molecule has 0 atom stereocenters. The molecule has 0 aliphatic rings. The lowest BCUT2D eigenvalue weighted by atomic mass is 10.2. The number of nitrogens with two attached hydrogens (primary N) is 1. The number of nitrogen functional groups attached to an aromatic ring is 1. The zero-order valence-corrected chi connectivity index (χ0v) is 12.2. The molecule has 0 aliphatic carbocycles. The molecule has 0 saturated heterocycles. The van der Waals surface area contributed by atoms with Crippen molar-refractivity contribution in [2.24, 2.45) is 7.05 Å². The highest BCUT2D eigenvalue weighted by atomic mass is 127. The molecule has 0 aromatic carbocycles. The SMILES string of the molecule is CCc1nc(-c2cnn(C)c2C)nc(N)c1I. The monoisotopic (exact) mass is 343 g/mol. The number of anilines is 1. The maximum absolute atomic E-state index is 5.91. The number of aryl methyl sites for hydroxylation is 2. The molecule has 0 spiro atoms. The van der Waals surface area contributed by atoms with Gasteiger partial charge in [0.25, 0.3) is 0 Å². The minimum Gasteiger partial charge on any atom is -0.383 e. The fourth-order valence-electron chi connectivity index (χ4n) is 1.59. The highest BCUT2D eigenvalue weighted by Crippen LogP contribution is 2.24. The van der Waals surface area contributed by atoms with E-state index in [2.05, 4.69) is 44.6 Å². The van der Waals surface area contributed by atoms with Crippen molar-refractivity contribution >= 4 is 28.4 Å². The van der Waals surface area contributed by atoms with Crippen LogP contribution < -0.4 is 5.73 Å². The predicted molar refractivity (Wildman–Crippen MR) is 75.5 cm³/mol. The Morgan fingerprint density at radius 1 is 1.41 bits per heavy atom. The van der Waals surface area contributed by atoms with Crippen LogP contribution in [0.2, 0.25) is 0 Å². The molecule has 2 rings (SSSR count). The highest BCUT2D eigenvalue weighted by Gasteiger charge is 2.13. The van der Waals surface area contributed by atoms with Crippen molar-refractivity contribution in [3.8, 4) is 11.4 Å². The normalized spacial score (nSPS) is 10.8. The Morgan fingerprint density at radius 3 is 2.65 bits per heavy atom. The van der Waals surface area contributed by atoms with Gasteiger partial charge in [-0.1, -0.05) is 6.92 Å². The molecule has 17 heavy (non-hydrogen) atoms. The van der Waals surface area contributed by atoms with E-state index in [1.54, 1.807) is 10.9 Å². The van der Waals surface area contributed by atoms with Gasteiger partial charge in [-0.05, 0) is 35.9 Å². The third-order valence-electron chi connectivity index (χ3n) is 2.76. The molecular formula is C11H14IN5. The van der Waals surface area contributed by atoms with E-state index in [0.717, 1.165) is 26.9 Å². The molecule has 2 heterocycles. The van der Waals surface area contributed by atoms with Gasteiger partial charge in [0.15, 0.2) is 5.82 Å². The first kappa shape index (κ1) is 12.3. The molecule has 0 unspecified atom stereocenters. The average molecular weight is 343 g/mol. The van der Waals surface area contributed by atoms with E-state index in [9.17, 15) is 0 Å². The Hall–Kier alpha value is -1.18. The van der Waals surface area contributed by atoms with Crippen molar-refractivity contribution in [2.75, 3.05) is 5.73 Å². The summed E-state index contributed by atoms with van der Waals surface area (Å²) in [7, 11) is 1.90. The van der Waals surface area contributed by atoms with Crippen molar-refractivity contribution in [1.29, 1.82) is 0 Å². The first-order valence-electron chi connectivity index (χ1n) is 5.35. The molecule has 90 valence electrons. The Labute approximate surface area is 114 Å². The minimum atomic E-state index is 0.538. The summed E-state index contributed by atoms with van der Waals surface area (Å²) in [4.78, 5) is 8.88. The van der Waals surface area contributed by atoms with Crippen LogP contribution in [0.3, 0.4) is 0 Å². The van der Waals surface area contributed by atoms with Gasteiger partial charge < -0.3 is 5.73 Å². The van der Waals surface area contributed by atoms with Crippen molar-refractivity contribution in [1.82, 2.24) is 19.7 Å². The van der Waals surface area contributed by atoms with E-state index in [-0.39, 0.29) is 0 Å². The van der Waals surface area contributed by atoms with Crippen molar-refractivity contribution in [3.63, 3.8) is 0 Å². The van der Waals surface area contributed by atoms with Crippen LogP contribution in [0.1, 0.15) is 18.3 Å². The number of nitrogens with zero attached hydrogens (tertiary/aromatic N) is 4. The summed E-state index contributed by atoms with van der Waals surface area (Å²) in [6.07, 6.45) is 2.62. The maximum Gasteiger partial charge on any atom is 0.165 e.